The van der Waals surface area contributed by atoms with E-state index in [0.29, 0.717) is 0 Å². The lowest BCUT2D eigenvalue weighted by Crippen LogP contribution is -2.40. The number of ether oxygens (including phenoxy) is 1. The Labute approximate surface area is 111 Å². The fraction of sp³-hybridized carbons (Fsp3) is 0.625. The van der Waals surface area contributed by atoms with Crippen molar-refractivity contribution in [3.63, 3.8) is 0 Å². The molecule has 0 aliphatic heterocycles. The van der Waals surface area contributed by atoms with E-state index in [4.69, 9.17) is 4.74 Å². The first-order valence-corrected chi connectivity index (χ1v) is 7.10. The van der Waals surface area contributed by atoms with E-state index in [0.717, 1.165) is 25.3 Å². The van der Waals surface area contributed by atoms with Crippen LogP contribution in [-0.2, 0) is 12.8 Å². The molecule has 0 saturated heterocycles. The van der Waals surface area contributed by atoms with Crippen LogP contribution in [0.2, 0.25) is 0 Å². The van der Waals surface area contributed by atoms with E-state index in [9.17, 15) is 0 Å². The summed E-state index contributed by atoms with van der Waals surface area (Å²) in [5.74, 6) is 1.02. The van der Waals surface area contributed by atoms with E-state index in [2.05, 4.69) is 44.3 Å². The summed E-state index contributed by atoms with van der Waals surface area (Å²) in [6, 6.07) is 6.55. The van der Waals surface area contributed by atoms with E-state index in [-0.39, 0.29) is 5.54 Å². The molecule has 2 nitrogen and oxygen atoms in total. The molecular weight excluding hydrogens is 222 g/mol. The van der Waals surface area contributed by atoms with Crippen LogP contribution in [0.1, 0.15) is 44.7 Å². The largest absolute Gasteiger partial charge is 0.492 e. The summed E-state index contributed by atoms with van der Waals surface area (Å²) in [4.78, 5) is 0. The minimum Gasteiger partial charge on any atom is -0.492 e. The van der Waals surface area contributed by atoms with Crippen molar-refractivity contribution in [2.24, 2.45) is 0 Å². The van der Waals surface area contributed by atoms with Gasteiger partial charge >= 0.3 is 0 Å². The van der Waals surface area contributed by atoms with Crippen molar-refractivity contribution in [1.29, 1.82) is 0 Å². The molecule has 1 aliphatic rings. The van der Waals surface area contributed by atoms with Gasteiger partial charge in [0.25, 0.3) is 0 Å². The van der Waals surface area contributed by atoms with E-state index >= 15 is 0 Å². The van der Waals surface area contributed by atoms with Crippen LogP contribution < -0.4 is 10.1 Å². The molecule has 0 bridgehead atoms. The second-order valence-corrected chi connectivity index (χ2v) is 5.80. The average Bonchev–Trinajstić information content (AvgIpc) is 2.82. The third kappa shape index (κ3) is 3.49. The Balaban J connectivity index is 1.77. The van der Waals surface area contributed by atoms with Crippen LogP contribution >= 0.6 is 0 Å². The maximum Gasteiger partial charge on any atom is 0.119 e. The van der Waals surface area contributed by atoms with Gasteiger partial charge in [0.05, 0.1) is 0 Å². The molecule has 0 spiro atoms. The van der Waals surface area contributed by atoms with Crippen LogP contribution in [0.3, 0.4) is 0 Å². The zero-order valence-corrected chi connectivity index (χ0v) is 11.9. The molecule has 1 aromatic carbocycles. The normalized spacial score (nSPS) is 14.6. The van der Waals surface area contributed by atoms with Gasteiger partial charge in [0.15, 0.2) is 0 Å². The Morgan fingerprint density at radius 2 is 2.00 bits per heavy atom. The molecule has 0 amide bonds. The zero-order chi connectivity index (χ0) is 13.0. The number of rotatable bonds is 6. The number of hydrogen-bond acceptors (Lipinski definition) is 2. The van der Waals surface area contributed by atoms with Crippen molar-refractivity contribution in [1.82, 2.24) is 5.32 Å². The number of aryl methyl sites for hydroxylation is 2. The lowest BCUT2D eigenvalue weighted by atomic mass is 10.0. The van der Waals surface area contributed by atoms with E-state index in [1.54, 1.807) is 0 Å². The molecule has 0 heterocycles. The number of benzene rings is 1. The van der Waals surface area contributed by atoms with Crippen molar-refractivity contribution >= 4 is 0 Å². The van der Waals surface area contributed by atoms with Gasteiger partial charge in [-0.1, -0.05) is 13.0 Å². The molecule has 1 aliphatic carbocycles. The summed E-state index contributed by atoms with van der Waals surface area (Å²) in [5, 5.41) is 3.51. The molecule has 0 radical (unpaired) electrons. The fourth-order valence-corrected chi connectivity index (χ4v) is 2.32. The highest BCUT2D eigenvalue weighted by atomic mass is 16.5. The quantitative estimate of drug-likeness (QED) is 0.779. The molecule has 18 heavy (non-hydrogen) atoms. The van der Waals surface area contributed by atoms with Gasteiger partial charge in [0.2, 0.25) is 0 Å². The Morgan fingerprint density at radius 1 is 1.22 bits per heavy atom. The summed E-state index contributed by atoms with van der Waals surface area (Å²) in [5.41, 5.74) is 3.20. The standard InChI is InChI=1S/C16H25NO/c1-4-16(2,3)17-10-11-18-15-9-8-13-6-5-7-14(13)12-15/h8-9,12,17H,4-7,10-11H2,1-3H3. The monoisotopic (exact) mass is 247 g/mol. The lowest BCUT2D eigenvalue weighted by molar-refractivity contribution is 0.280. The molecule has 2 heteroatoms. The van der Waals surface area contributed by atoms with Gasteiger partial charge in [-0.2, -0.15) is 0 Å². The molecule has 0 atom stereocenters. The number of nitrogens with one attached hydrogen (secondary N) is 1. The highest BCUT2D eigenvalue weighted by Crippen LogP contribution is 2.25. The third-order valence-corrected chi connectivity index (χ3v) is 3.93. The van der Waals surface area contributed by atoms with Crippen LogP contribution in [0.4, 0.5) is 0 Å². The Bertz CT molecular complexity index is 398. The van der Waals surface area contributed by atoms with Crippen molar-refractivity contribution in [3.8, 4) is 5.75 Å². The summed E-state index contributed by atoms with van der Waals surface area (Å²) in [7, 11) is 0. The van der Waals surface area contributed by atoms with Crippen LogP contribution in [0.5, 0.6) is 5.75 Å². The van der Waals surface area contributed by atoms with Crippen LogP contribution in [-0.4, -0.2) is 18.7 Å². The minimum atomic E-state index is 0.210. The highest BCUT2D eigenvalue weighted by molar-refractivity contribution is 5.38. The first kappa shape index (κ1) is 13.4. The lowest BCUT2D eigenvalue weighted by Gasteiger charge is -2.24. The first-order valence-electron chi connectivity index (χ1n) is 7.10. The Hall–Kier alpha value is -1.02. The summed E-state index contributed by atoms with van der Waals surface area (Å²) in [6.07, 6.45) is 4.88. The highest BCUT2D eigenvalue weighted by Gasteiger charge is 2.13. The van der Waals surface area contributed by atoms with Gasteiger partial charge in [-0.15, -0.1) is 0 Å². The second kappa shape index (κ2) is 5.75. The van der Waals surface area contributed by atoms with Gasteiger partial charge in [-0.05, 0) is 62.8 Å². The first-order chi connectivity index (χ1) is 8.61. The van der Waals surface area contributed by atoms with Gasteiger partial charge in [-0.25, -0.2) is 0 Å². The van der Waals surface area contributed by atoms with E-state index < -0.39 is 0 Å². The predicted octanol–water partition coefficient (Wildman–Crippen LogP) is 3.33. The van der Waals surface area contributed by atoms with Crippen molar-refractivity contribution in [3.05, 3.63) is 29.3 Å². The summed E-state index contributed by atoms with van der Waals surface area (Å²) < 4.78 is 5.81. The molecule has 0 unspecified atom stereocenters. The predicted molar refractivity (Wildman–Crippen MR) is 76.3 cm³/mol. The topological polar surface area (TPSA) is 21.3 Å². The summed E-state index contributed by atoms with van der Waals surface area (Å²) in [6.45, 7) is 8.29. The molecule has 2 rings (SSSR count). The Morgan fingerprint density at radius 3 is 2.78 bits per heavy atom. The molecule has 100 valence electrons. The number of hydrogen-bond donors (Lipinski definition) is 1. The number of fused-ring (bicyclic) bond motifs is 1. The van der Waals surface area contributed by atoms with Crippen molar-refractivity contribution in [2.75, 3.05) is 13.2 Å². The van der Waals surface area contributed by atoms with Gasteiger partial charge < -0.3 is 10.1 Å². The second-order valence-electron chi connectivity index (χ2n) is 5.80. The van der Waals surface area contributed by atoms with Crippen LogP contribution in [0.15, 0.2) is 18.2 Å². The van der Waals surface area contributed by atoms with E-state index in [1.165, 1.54) is 30.4 Å². The van der Waals surface area contributed by atoms with Gasteiger partial charge in [-0.3, -0.25) is 0 Å². The maximum absolute atomic E-state index is 5.81. The molecule has 1 aromatic rings. The van der Waals surface area contributed by atoms with Gasteiger partial charge in [0, 0.05) is 12.1 Å². The zero-order valence-electron chi connectivity index (χ0n) is 11.9. The minimum absolute atomic E-state index is 0.210. The van der Waals surface area contributed by atoms with Gasteiger partial charge in [0.1, 0.15) is 12.4 Å². The molecule has 0 fully saturated rings. The Kier molecular flexibility index (Phi) is 4.28. The molecule has 1 N–H and O–H groups in total. The third-order valence-electron chi connectivity index (χ3n) is 3.93. The van der Waals surface area contributed by atoms with Crippen molar-refractivity contribution in [2.45, 2.75) is 52.0 Å². The molecular formula is C16H25NO. The van der Waals surface area contributed by atoms with Crippen molar-refractivity contribution < 1.29 is 4.74 Å². The SMILES string of the molecule is CCC(C)(C)NCCOc1ccc2c(c1)CCC2. The van der Waals surface area contributed by atoms with Crippen LogP contribution in [0.25, 0.3) is 0 Å². The fourth-order valence-electron chi connectivity index (χ4n) is 2.32. The van der Waals surface area contributed by atoms with Crippen LogP contribution in [0, 0.1) is 0 Å². The average molecular weight is 247 g/mol. The summed E-state index contributed by atoms with van der Waals surface area (Å²) >= 11 is 0. The smallest absolute Gasteiger partial charge is 0.119 e. The molecule has 0 aromatic heterocycles. The van der Waals surface area contributed by atoms with E-state index in [1.807, 2.05) is 0 Å². The maximum atomic E-state index is 5.81. The molecule has 0 saturated carbocycles.